The van der Waals surface area contributed by atoms with Gasteiger partial charge in [0.15, 0.2) is 0 Å². The molecule has 7 heteroatoms. The number of rotatable bonds is 6. The molecule has 0 unspecified atom stereocenters. The highest BCUT2D eigenvalue weighted by Gasteiger charge is 2.22. The molecule has 0 aliphatic carbocycles. The molecular formula is C14H21ClN2O3S. The predicted octanol–water partition coefficient (Wildman–Crippen LogP) is 2.51. The summed E-state index contributed by atoms with van der Waals surface area (Å²) in [6, 6.07) is 4.34. The first kappa shape index (κ1) is 17.9. The van der Waals surface area contributed by atoms with Gasteiger partial charge >= 0.3 is 0 Å². The quantitative estimate of drug-likeness (QED) is 0.870. The molecule has 1 N–H and O–H groups in total. The number of sulfonamides is 1. The molecule has 1 aromatic carbocycles. The lowest BCUT2D eigenvalue weighted by Gasteiger charge is -2.16. The van der Waals surface area contributed by atoms with Gasteiger partial charge in [-0.1, -0.05) is 25.4 Å². The van der Waals surface area contributed by atoms with Crippen LogP contribution in [0.1, 0.15) is 37.0 Å². The first-order chi connectivity index (χ1) is 9.73. The van der Waals surface area contributed by atoms with Crippen LogP contribution in [0.15, 0.2) is 23.1 Å². The number of nitrogens with one attached hydrogen (secondary N) is 1. The van der Waals surface area contributed by atoms with Crippen molar-refractivity contribution in [3.8, 4) is 0 Å². The van der Waals surface area contributed by atoms with E-state index in [1.807, 2.05) is 13.8 Å². The lowest BCUT2D eigenvalue weighted by molar-refractivity contribution is 0.0934. The van der Waals surface area contributed by atoms with Crippen LogP contribution < -0.4 is 5.32 Å². The fourth-order valence-electron chi connectivity index (χ4n) is 1.80. The summed E-state index contributed by atoms with van der Waals surface area (Å²) >= 11 is 5.95. The highest BCUT2D eigenvalue weighted by atomic mass is 35.5. The summed E-state index contributed by atoms with van der Waals surface area (Å²) in [7, 11) is -0.843. The number of nitrogens with zero attached hydrogens (tertiary/aromatic N) is 1. The van der Waals surface area contributed by atoms with Crippen molar-refractivity contribution in [3.63, 3.8) is 0 Å². The predicted molar refractivity (Wildman–Crippen MR) is 84.2 cm³/mol. The van der Waals surface area contributed by atoms with E-state index in [1.165, 1.54) is 32.3 Å². The van der Waals surface area contributed by atoms with Crippen molar-refractivity contribution < 1.29 is 13.2 Å². The van der Waals surface area contributed by atoms with E-state index in [4.69, 9.17) is 11.6 Å². The van der Waals surface area contributed by atoms with Gasteiger partial charge < -0.3 is 5.32 Å². The molecule has 21 heavy (non-hydrogen) atoms. The van der Waals surface area contributed by atoms with E-state index in [9.17, 15) is 13.2 Å². The maximum Gasteiger partial charge on any atom is 0.251 e. The normalized spacial score (nSPS) is 12.0. The fraction of sp³-hybridized carbons (Fsp3) is 0.500. The second-order valence-electron chi connectivity index (χ2n) is 4.92. The van der Waals surface area contributed by atoms with Gasteiger partial charge in [-0.15, -0.1) is 0 Å². The zero-order valence-corrected chi connectivity index (χ0v) is 14.3. The Kier molecular flexibility index (Phi) is 6.19. The molecule has 0 aliphatic rings. The van der Waals surface area contributed by atoms with Crippen molar-refractivity contribution in [3.05, 3.63) is 28.8 Å². The third-order valence-electron chi connectivity index (χ3n) is 3.27. The zero-order chi connectivity index (χ0) is 16.2. The fourth-order valence-corrected chi connectivity index (χ4v) is 3.19. The average Bonchev–Trinajstić information content (AvgIpc) is 2.44. The minimum absolute atomic E-state index is 0.0636. The lowest BCUT2D eigenvalue weighted by Crippen LogP contribution is -2.34. The molecule has 0 fully saturated rings. The van der Waals surface area contributed by atoms with E-state index < -0.39 is 10.0 Å². The van der Waals surface area contributed by atoms with Crippen LogP contribution in [0.3, 0.4) is 0 Å². The van der Waals surface area contributed by atoms with E-state index in [0.717, 1.165) is 17.1 Å². The summed E-state index contributed by atoms with van der Waals surface area (Å²) in [6.45, 7) is 3.97. The lowest BCUT2D eigenvalue weighted by atomic mass is 10.1. The summed E-state index contributed by atoms with van der Waals surface area (Å²) in [5.74, 6) is -0.296. The van der Waals surface area contributed by atoms with Crippen LogP contribution in [0.2, 0.25) is 5.02 Å². The van der Waals surface area contributed by atoms with Crippen molar-refractivity contribution in [2.45, 2.75) is 37.6 Å². The Labute approximate surface area is 131 Å². The van der Waals surface area contributed by atoms with Crippen molar-refractivity contribution in [1.29, 1.82) is 0 Å². The largest absolute Gasteiger partial charge is 0.349 e. The van der Waals surface area contributed by atoms with Gasteiger partial charge in [-0.2, -0.15) is 0 Å². The molecule has 0 heterocycles. The Morgan fingerprint density at radius 1 is 1.29 bits per heavy atom. The average molecular weight is 333 g/mol. The van der Waals surface area contributed by atoms with Gasteiger partial charge in [-0.3, -0.25) is 4.79 Å². The molecule has 0 saturated heterocycles. The number of halogens is 1. The Bertz CT molecular complexity index is 611. The molecule has 0 radical (unpaired) electrons. The van der Waals surface area contributed by atoms with Crippen LogP contribution in [0.4, 0.5) is 0 Å². The van der Waals surface area contributed by atoms with Crippen LogP contribution in [0.5, 0.6) is 0 Å². The Hall–Kier alpha value is -1.11. The molecule has 0 atom stereocenters. The standard InChI is InChI=1S/C14H21ClN2O3S/c1-5-11(6-2)16-14(18)10-7-8-12(15)13(9-10)21(19,20)17(3)4/h7-9,11H,5-6H2,1-4H3,(H,16,18). The van der Waals surface area contributed by atoms with Crippen LogP contribution in [-0.2, 0) is 10.0 Å². The topological polar surface area (TPSA) is 66.5 Å². The van der Waals surface area contributed by atoms with Crippen LogP contribution >= 0.6 is 11.6 Å². The Morgan fingerprint density at radius 3 is 2.33 bits per heavy atom. The summed E-state index contributed by atoms with van der Waals surface area (Å²) in [4.78, 5) is 12.1. The van der Waals surface area contributed by atoms with Gasteiger partial charge in [0.25, 0.3) is 5.91 Å². The number of amides is 1. The second-order valence-corrected chi connectivity index (χ2v) is 7.45. The Balaban J connectivity index is 3.16. The minimum Gasteiger partial charge on any atom is -0.349 e. The maximum absolute atomic E-state index is 12.2. The number of benzene rings is 1. The molecule has 0 aliphatic heterocycles. The molecule has 0 spiro atoms. The molecule has 0 saturated carbocycles. The first-order valence-electron chi connectivity index (χ1n) is 6.76. The highest BCUT2D eigenvalue weighted by molar-refractivity contribution is 7.89. The molecule has 1 aromatic rings. The van der Waals surface area contributed by atoms with Crippen LogP contribution in [0.25, 0.3) is 0 Å². The molecule has 1 amide bonds. The van der Waals surface area contributed by atoms with E-state index in [1.54, 1.807) is 0 Å². The number of carbonyl (C=O) groups excluding carboxylic acids is 1. The summed E-state index contributed by atoms with van der Waals surface area (Å²) in [5, 5.41) is 2.97. The first-order valence-corrected chi connectivity index (χ1v) is 8.58. The van der Waals surface area contributed by atoms with Gasteiger partial charge in [-0.05, 0) is 31.0 Å². The molecule has 0 bridgehead atoms. The minimum atomic E-state index is -3.68. The van der Waals surface area contributed by atoms with E-state index in [0.29, 0.717) is 0 Å². The van der Waals surface area contributed by atoms with Crippen molar-refractivity contribution in [2.24, 2.45) is 0 Å². The smallest absolute Gasteiger partial charge is 0.251 e. The monoisotopic (exact) mass is 332 g/mol. The van der Waals surface area contributed by atoms with Crippen molar-refractivity contribution >= 4 is 27.5 Å². The molecule has 118 valence electrons. The molecule has 1 rings (SSSR count). The Morgan fingerprint density at radius 2 is 1.86 bits per heavy atom. The van der Waals surface area contributed by atoms with Crippen molar-refractivity contribution in [1.82, 2.24) is 9.62 Å². The third-order valence-corrected chi connectivity index (χ3v) is 5.57. The highest BCUT2D eigenvalue weighted by Crippen LogP contribution is 2.24. The zero-order valence-electron chi connectivity index (χ0n) is 12.7. The van der Waals surface area contributed by atoms with Crippen LogP contribution in [0, 0.1) is 0 Å². The summed E-state index contributed by atoms with van der Waals surface area (Å²) in [5.41, 5.74) is 0.284. The van der Waals surface area contributed by atoms with E-state index >= 15 is 0 Å². The maximum atomic E-state index is 12.2. The SMILES string of the molecule is CCC(CC)NC(=O)c1ccc(Cl)c(S(=O)(=O)N(C)C)c1. The van der Waals surface area contributed by atoms with Gasteiger partial charge in [0.2, 0.25) is 10.0 Å². The van der Waals surface area contributed by atoms with Crippen molar-refractivity contribution in [2.75, 3.05) is 14.1 Å². The van der Waals surface area contributed by atoms with Gasteiger partial charge in [-0.25, -0.2) is 12.7 Å². The third kappa shape index (κ3) is 4.18. The number of carbonyl (C=O) groups is 1. The second kappa shape index (κ2) is 7.24. The van der Waals surface area contributed by atoms with Gasteiger partial charge in [0.1, 0.15) is 4.90 Å². The number of hydrogen-bond donors (Lipinski definition) is 1. The summed E-state index contributed by atoms with van der Waals surface area (Å²) in [6.07, 6.45) is 1.64. The van der Waals surface area contributed by atoms with E-state index in [-0.39, 0.29) is 27.4 Å². The molecule has 0 aromatic heterocycles. The van der Waals surface area contributed by atoms with E-state index in [2.05, 4.69) is 5.32 Å². The summed E-state index contributed by atoms with van der Waals surface area (Å²) < 4.78 is 25.4. The van der Waals surface area contributed by atoms with Crippen LogP contribution in [-0.4, -0.2) is 38.8 Å². The van der Waals surface area contributed by atoms with Gasteiger partial charge in [0.05, 0.1) is 5.02 Å². The van der Waals surface area contributed by atoms with Gasteiger partial charge in [0, 0.05) is 25.7 Å². The number of hydrogen-bond acceptors (Lipinski definition) is 3. The molecular weight excluding hydrogens is 312 g/mol. The molecule has 5 nitrogen and oxygen atoms in total.